The second kappa shape index (κ2) is 12.0. The fourth-order valence-electron chi connectivity index (χ4n) is 3.49. The Hall–Kier alpha value is -3.37. The molecule has 2 N–H and O–H groups in total. The number of amides is 1. The number of benzene rings is 1. The zero-order valence-electron chi connectivity index (χ0n) is 18.6. The number of morpholine rings is 1. The Bertz CT molecular complexity index is 1240. The van der Waals surface area contributed by atoms with E-state index in [4.69, 9.17) is 11.2 Å². The first-order valence-electron chi connectivity index (χ1n) is 10.8. The van der Waals surface area contributed by atoms with Gasteiger partial charge >= 0.3 is 0 Å². The largest absolute Gasteiger partial charge is 0.379 e. The standard InChI is InChI=1S/C24H27N5O3S/c1-3-9-26-22(30)20(16-25)24-29(4-2)23(31)21(33-24)17-27-19-7-5-6-18(15-19)8-10-28-11-13-32-14-12-28/h1,5-7,15,17,27H,4,8-14H2,2H3,(H,26,30)/b21-17+,24-20-. The summed E-state index contributed by atoms with van der Waals surface area (Å²) in [6, 6.07) is 9.96. The molecule has 2 aromatic rings. The minimum atomic E-state index is -0.591. The smallest absolute Gasteiger partial charge is 0.270 e. The molecule has 1 aliphatic heterocycles. The molecule has 0 atom stereocenters. The number of carbonyl (C=O) groups excluding carboxylic acids is 1. The predicted octanol–water partition coefficient (Wildman–Crippen LogP) is 0.0782. The molecular weight excluding hydrogens is 438 g/mol. The van der Waals surface area contributed by atoms with E-state index in [1.807, 2.05) is 18.2 Å². The molecule has 0 aliphatic carbocycles. The summed E-state index contributed by atoms with van der Waals surface area (Å²) >= 11 is 1.10. The maximum atomic E-state index is 12.8. The van der Waals surface area contributed by atoms with Crippen LogP contribution in [0.5, 0.6) is 0 Å². The highest BCUT2D eigenvalue weighted by atomic mass is 32.1. The summed E-state index contributed by atoms with van der Waals surface area (Å²) in [4.78, 5) is 27.5. The Morgan fingerprint density at radius 3 is 2.85 bits per heavy atom. The van der Waals surface area contributed by atoms with Crippen LogP contribution in [0.2, 0.25) is 0 Å². The van der Waals surface area contributed by atoms with Crippen LogP contribution in [0.25, 0.3) is 11.8 Å². The number of terminal acetylenes is 1. The second-order valence-corrected chi connectivity index (χ2v) is 8.42. The van der Waals surface area contributed by atoms with Crippen LogP contribution in [-0.4, -0.2) is 54.8 Å². The zero-order valence-corrected chi connectivity index (χ0v) is 19.4. The van der Waals surface area contributed by atoms with E-state index in [0.29, 0.717) is 15.7 Å². The zero-order chi connectivity index (χ0) is 23.6. The molecule has 1 amide bonds. The van der Waals surface area contributed by atoms with Gasteiger partial charge < -0.3 is 15.4 Å². The summed E-state index contributed by atoms with van der Waals surface area (Å²) in [5.41, 5.74) is 1.68. The van der Waals surface area contributed by atoms with Gasteiger partial charge in [-0.2, -0.15) is 5.26 Å². The number of aromatic nitrogens is 1. The molecule has 0 unspecified atom stereocenters. The van der Waals surface area contributed by atoms with Crippen molar-refractivity contribution in [3.63, 3.8) is 0 Å². The first kappa shape index (κ1) is 24.3. The third-order valence-electron chi connectivity index (χ3n) is 5.25. The SMILES string of the molecule is C#CCNC(=O)/C(C#N)=c1\s/c(=C/Nc2cccc(CCN3CCOCC3)c2)c(=O)n1CC. The Morgan fingerprint density at radius 2 is 2.15 bits per heavy atom. The van der Waals surface area contributed by atoms with Crippen molar-refractivity contribution in [2.24, 2.45) is 0 Å². The van der Waals surface area contributed by atoms with Gasteiger partial charge in [-0.25, -0.2) is 0 Å². The molecule has 1 fully saturated rings. The summed E-state index contributed by atoms with van der Waals surface area (Å²) in [7, 11) is 0. The van der Waals surface area contributed by atoms with Crippen molar-refractivity contribution < 1.29 is 9.53 Å². The van der Waals surface area contributed by atoms with Crippen LogP contribution in [0.4, 0.5) is 5.69 Å². The Balaban J connectivity index is 1.82. The van der Waals surface area contributed by atoms with Gasteiger partial charge in [-0.15, -0.1) is 17.8 Å². The Kier molecular flexibility index (Phi) is 8.85. The summed E-state index contributed by atoms with van der Waals surface area (Å²) in [5.74, 6) is 1.71. The Morgan fingerprint density at radius 1 is 1.36 bits per heavy atom. The number of nitrogens with one attached hydrogen (secondary N) is 2. The molecule has 1 aromatic heterocycles. The maximum absolute atomic E-state index is 12.8. The monoisotopic (exact) mass is 465 g/mol. The van der Waals surface area contributed by atoms with E-state index >= 15 is 0 Å². The van der Waals surface area contributed by atoms with Gasteiger partial charge in [0.1, 0.15) is 15.3 Å². The molecule has 1 aliphatic rings. The molecule has 0 spiro atoms. The van der Waals surface area contributed by atoms with Crippen molar-refractivity contribution in [1.82, 2.24) is 14.8 Å². The van der Waals surface area contributed by atoms with Crippen molar-refractivity contribution >= 4 is 34.7 Å². The van der Waals surface area contributed by atoms with Gasteiger partial charge in [-0.05, 0) is 31.0 Å². The minimum Gasteiger partial charge on any atom is -0.379 e. The summed E-state index contributed by atoms with van der Waals surface area (Å²) < 4.78 is 7.53. The topological polar surface area (TPSA) is 99.4 Å². The van der Waals surface area contributed by atoms with Gasteiger partial charge in [0.05, 0.1) is 19.8 Å². The van der Waals surface area contributed by atoms with Crippen LogP contribution in [0.15, 0.2) is 29.1 Å². The lowest BCUT2D eigenvalue weighted by Crippen LogP contribution is -2.37. The van der Waals surface area contributed by atoms with Gasteiger partial charge in [0.2, 0.25) is 0 Å². The van der Waals surface area contributed by atoms with Crippen molar-refractivity contribution in [3.8, 4) is 18.4 Å². The average molecular weight is 466 g/mol. The van der Waals surface area contributed by atoms with E-state index in [-0.39, 0.29) is 17.7 Å². The van der Waals surface area contributed by atoms with Crippen molar-refractivity contribution in [3.05, 3.63) is 49.4 Å². The average Bonchev–Trinajstić information content (AvgIpc) is 3.16. The predicted molar refractivity (Wildman–Crippen MR) is 130 cm³/mol. The number of anilines is 1. The first-order chi connectivity index (χ1) is 16.1. The number of nitrogens with zero attached hydrogens (tertiary/aromatic N) is 3. The number of thiazole rings is 1. The highest BCUT2D eigenvalue weighted by Gasteiger charge is 2.14. The van der Waals surface area contributed by atoms with Crippen molar-refractivity contribution in [1.29, 1.82) is 5.26 Å². The van der Waals surface area contributed by atoms with Crippen molar-refractivity contribution in [2.45, 2.75) is 19.9 Å². The highest BCUT2D eigenvalue weighted by molar-refractivity contribution is 7.07. The number of hydrogen-bond donors (Lipinski definition) is 2. The highest BCUT2D eigenvalue weighted by Crippen LogP contribution is 2.12. The number of nitriles is 1. The van der Waals surface area contributed by atoms with Crippen LogP contribution >= 0.6 is 11.3 Å². The van der Waals surface area contributed by atoms with Crippen LogP contribution in [-0.2, 0) is 22.5 Å². The summed E-state index contributed by atoms with van der Waals surface area (Å²) in [5, 5.41) is 15.2. The van der Waals surface area contributed by atoms with E-state index in [9.17, 15) is 14.9 Å². The molecule has 9 heteroatoms. The van der Waals surface area contributed by atoms with Crippen LogP contribution in [0, 0.1) is 23.7 Å². The molecular formula is C24H27N5O3S. The van der Waals surface area contributed by atoms with Crippen LogP contribution in [0.1, 0.15) is 12.5 Å². The first-order valence-corrected chi connectivity index (χ1v) is 11.6. The third kappa shape index (κ3) is 6.33. The van der Waals surface area contributed by atoms with Gasteiger partial charge in [-0.3, -0.25) is 19.1 Å². The molecule has 0 radical (unpaired) electrons. The quantitative estimate of drug-likeness (QED) is 0.536. The van der Waals surface area contributed by atoms with Gasteiger partial charge in [0, 0.05) is 38.1 Å². The molecule has 0 bridgehead atoms. The molecule has 0 saturated carbocycles. The second-order valence-electron chi connectivity index (χ2n) is 7.39. The van der Waals surface area contributed by atoms with Crippen molar-refractivity contribution in [2.75, 3.05) is 44.7 Å². The molecule has 2 heterocycles. The molecule has 1 saturated heterocycles. The minimum absolute atomic E-state index is 0.00810. The third-order valence-corrected chi connectivity index (χ3v) is 6.38. The number of rotatable bonds is 8. The molecule has 172 valence electrons. The molecule has 8 nitrogen and oxygen atoms in total. The van der Waals surface area contributed by atoms with E-state index in [1.54, 1.807) is 13.1 Å². The van der Waals surface area contributed by atoms with E-state index in [0.717, 1.165) is 56.3 Å². The Labute approximate surface area is 196 Å². The fraction of sp³-hybridized carbons (Fsp3) is 0.375. The normalized spacial score (nSPS) is 15.4. The molecule has 1 aromatic carbocycles. The maximum Gasteiger partial charge on any atom is 0.270 e. The number of ether oxygens (including phenoxy) is 1. The van der Waals surface area contributed by atoms with Gasteiger partial charge in [0.25, 0.3) is 11.5 Å². The lowest BCUT2D eigenvalue weighted by Gasteiger charge is -2.26. The van der Waals surface area contributed by atoms with Crippen LogP contribution < -0.4 is 25.4 Å². The molecule has 3 rings (SSSR count). The summed E-state index contributed by atoms with van der Waals surface area (Å²) in [6.45, 7) is 6.59. The van der Waals surface area contributed by atoms with E-state index in [2.05, 4.69) is 33.6 Å². The molecule has 33 heavy (non-hydrogen) atoms. The number of hydrogen-bond acceptors (Lipinski definition) is 7. The fourth-order valence-corrected chi connectivity index (χ4v) is 4.57. The van der Waals surface area contributed by atoms with Crippen LogP contribution in [0.3, 0.4) is 0 Å². The van der Waals surface area contributed by atoms with Gasteiger partial charge in [-0.1, -0.05) is 18.1 Å². The van der Waals surface area contributed by atoms with E-state index in [1.165, 1.54) is 10.1 Å². The van der Waals surface area contributed by atoms with Gasteiger partial charge in [0.15, 0.2) is 5.57 Å². The lowest BCUT2D eigenvalue weighted by molar-refractivity contribution is -0.115. The van der Waals surface area contributed by atoms with E-state index < -0.39 is 5.91 Å². The summed E-state index contributed by atoms with van der Waals surface area (Å²) in [6.07, 6.45) is 7.72. The number of carbonyl (C=O) groups is 1. The lowest BCUT2D eigenvalue weighted by atomic mass is 10.1.